The molecule has 178 valence electrons. The summed E-state index contributed by atoms with van der Waals surface area (Å²) in [7, 11) is 0. The van der Waals surface area contributed by atoms with Crippen LogP contribution in [0.25, 0.3) is 6.08 Å². The number of nitrogens with one attached hydrogen (secondary N) is 1. The fraction of sp³-hybridized carbons (Fsp3) is 0.111. The molecule has 0 saturated heterocycles. The van der Waals surface area contributed by atoms with Crippen molar-refractivity contribution in [1.29, 1.82) is 0 Å². The molecule has 0 atom stereocenters. The first kappa shape index (κ1) is 24.0. The van der Waals surface area contributed by atoms with Gasteiger partial charge >= 0.3 is 5.97 Å². The molecule has 1 aliphatic rings. The largest absolute Gasteiger partial charge is 0.504 e. The average Bonchev–Trinajstić information content (AvgIpc) is 3.13. The summed E-state index contributed by atoms with van der Waals surface area (Å²) in [5.41, 5.74) is 8.57. The Morgan fingerprint density at radius 2 is 1.89 bits per heavy atom. The number of ether oxygens (including phenoxy) is 2. The van der Waals surface area contributed by atoms with E-state index >= 15 is 0 Å². The van der Waals surface area contributed by atoms with Crippen molar-refractivity contribution in [2.75, 3.05) is 17.7 Å². The van der Waals surface area contributed by atoms with Gasteiger partial charge in [0.1, 0.15) is 12.2 Å². The third-order valence-corrected chi connectivity index (χ3v) is 6.06. The standard InChI is InChI=1S/C27H24N2O5S/c1-2-33-27(32)24-25(31)23(35-26(24)29-20-9-4-3-5-10-20)15-17-11-12-22(21(30)14-17)34-16-18-7-6-8-19(28)13-18/h3-15,29-30H,2,16,28H2,1H3/b23-15-. The molecule has 3 aromatic rings. The first-order chi connectivity index (χ1) is 16.9. The molecule has 0 fully saturated rings. The summed E-state index contributed by atoms with van der Waals surface area (Å²) in [6.07, 6.45) is 1.62. The van der Waals surface area contributed by atoms with E-state index in [9.17, 15) is 14.7 Å². The molecule has 0 radical (unpaired) electrons. The molecule has 3 aromatic carbocycles. The van der Waals surface area contributed by atoms with Crippen LogP contribution in [0.15, 0.2) is 88.3 Å². The SMILES string of the molecule is CCOC(=O)C1=C(Nc2ccccc2)S/C(=C\c2ccc(OCc3cccc(N)c3)c(O)c2)C1=O. The van der Waals surface area contributed by atoms with Gasteiger partial charge in [0, 0.05) is 11.4 Å². The minimum absolute atomic E-state index is 0.0433. The molecule has 0 unspecified atom stereocenters. The van der Waals surface area contributed by atoms with Crippen LogP contribution in [0.1, 0.15) is 18.1 Å². The Kier molecular flexibility index (Phi) is 7.42. The fourth-order valence-electron chi connectivity index (χ4n) is 3.40. The number of para-hydroxylation sites is 1. The Labute approximate surface area is 207 Å². The van der Waals surface area contributed by atoms with Gasteiger partial charge in [-0.15, -0.1) is 0 Å². The minimum Gasteiger partial charge on any atom is -0.504 e. The number of hydrogen-bond donors (Lipinski definition) is 3. The molecule has 0 aliphatic carbocycles. The van der Waals surface area contributed by atoms with E-state index in [1.54, 1.807) is 37.3 Å². The van der Waals surface area contributed by atoms with E-state index in [1.807, 2.05) is 42.5 Å². The molecule has 8 heteroatoms. The number of esters is 1. The maximum Gasteiger partial charge on any atom is 0.344 e. The Balaban J connectivity index is 1.53. The molecule has 1 heterocycles. The molecule has 4 N–H and O–H groups in total. The molecular weight excluding hydrogens is 464 g/mol. The van der Waals surface area contributed by atoms with Gasteiger partial charge in [-0.3, -0.25) is 4.79 Å². The third kappa shape index (κ3) is 5.85. The molecule has 0 bridgehead atoms. The van der Waals surface area contributed by atoms with Crippen LogP contribution in [0, 0.1) is 0 Å². The van der Waals surface area contributed by atoms with Crippen LogP contribution < -0.4 is 15.8 Å². The van der Waals surface area contributed by atoms with Gasteiger partial charge in [0.25, 0.3) is 0 Å². The predicted molar refractivity (Wildman–Crippen MR) is 138 cm³/mol. The van der Waals surface area contributed by atoms with Crippen LogP contribution in [0.5, 0.6) is 11.5 Å². The van der Waals surface area contributed by atoms with E-state index in [0.717, 1.165) is 23.0 Å². The maximum absolute atomic E-state index is 13.1. The number of allylic oxidation sites excluding steroid dienone is 1. The first-order valence-corrected chi connectivity index (χ1v) is 11.7. The second-order valence-electron chi connectivity index (χ2n) is 7.62. The van der Waals surface area contributed by atoms with Crippen molar-refractivity contribution >= 4 is 41.0 Å². The Morgan fingerprint density at radius 3 is 2.60 bits per heavy atom. The second kappa shape index (κ2) is 10.8. The van der Waals surface area contributed by atoms with Crippen LogP contribution in [-0.2, 0) is 20.9 Å². The number of hydrogen-bond acceptors (Lipinski definition) is 8. The molecule has 35 heavy (non-hydrogen) atoms. The lowest BCUT2D eigenvalue weighted by molar-refractivity contribution is -0.139. The molecular formula is C27H24N2O5S. The number of benzene rings is 3. The normalized spacial score (nSPS) is 14.3. The molecule has 0 amide bonds. The summed E-state index contributed by atoms with van der Waals surface area (Å²) in [6, 6.07) is 21.4. The number of thioether (sulfide) groups is 1. The van der Waals surface area contributed by atoms with Crippen molar-refractivity contribution in [3.05, 3.63) is 99.4 Å². The highest BCUT2D eigenvalue weighted by Crippen LogP contribution is 2.41. The highest BCUT2D eigenvalue weighted by atomic mass is 32.2. The molecule has 0 aromatic heterocycles. The van der Waals surface area contributed by atoms with E-state index in [4.69, 9.17) is 15.2 Å². The Morgan fingerprint density at radius 1 is 1.09 bits per heavy atom. The molecule has 7 nitrogen and oxygen atoms in total. The zero-order valence-corrected chi connectivity index (χ0v) is 19.8. The summed E-state index contributed by atoms with van der Waals surface area (Å²) in [5.74, 6) is -0.884. The molecule has 0 spiro atoms. The number of Topliss-reactive ketones (excluding diaryl/α,β-unsaturated/α-hetero) is 1. The third-order valence-electron chi connectivity index (χ3n) is 5.03. The van der Waals surface area contributed by atoms with E-state index in [0.29, 0.717) is 26.9 Å². The highest BCUT2D eigenvalue weighted by molar-refractivity contribution is 8.08. The number of nitrogens with two attached hydrogens (primary N) is 1. The number of rotatable bonds is 8. The summed E-state index contributed by atoms with van der Waals surface area (Å²) in [6.45, 7) is 2.09. The second-order valence-corrected chi connectivity index (χ2v) is 8.67. The molecule has 1 aliphatic heterocycles. The van der Waals surface area contributed by atoms with Crippen LogP contribution in [0.2, 0.25) is 0 Å². The number of ketones is 1. The summed E-state index contributed by atoms with van der Waals surface area (Å²) >= 11 is 1.14. The van der Waals surface area contributed by atoms with Gasteiger partial charge in [0.15, 0.2) is 11.5 Å². The van der Waals surface area contributed by atoms with Crippen LogP contribution >= 0.6 is 11.8 Å². The van der Waals surface area contributed by atoms with Gasteiger partial charge in [-0.25, -0.2) is 4.79 Å². The number of anilines is 2. The molecule has 4 rings (SSSR count). The van der Waals surface area contributed by atoms with Gasteiger partial charge in [0.2, 0.25) is 5.78 Å². The number of carbonyl (C=O) groups excluding carboxylic acids is 2. The van der Waals surface area contributed by atoms with E-state index in [1.165, 1.54) is 6.07 Å². The summed E-state index contributed by atoms with van der Waals surface area (Å²) in [5, 5.41) is 14.0. The minimum atomic E-state index is -0.681. The van der Waals surface area contributed by atoms with E-state index in [2.05, 4.69) is 5.32 Å². The highest BCUT2D eigenvalue weighted by Gasteiger charge is 2.35. The number of phenols is 1. The maximum atomic E-state index is 13.1. The smallest absolute Gasteiger partial charge is 0.344 e. The topological polar surface area (TPSA) is 111 Å². The van der Waals surface area contributed by atoms with Crippen LogP contribution in [0.4, 0.5) is 11.4 Å². The predicted octanol–water partition coefficient (Wildman–Crippen LogP) is 5.10. The zero-order valence-electron chi connectivity index (χ0n) is 19.0. The fourth-order valence-corrected chi connectivity index (χ4v) is 4.46. The van der Waals surface area contributed by atoms with Crippen LogP contribution in [0.3, 0.4) is 0 Å². The van der Waals surface area contributed by atoms with Crippen LogP contribution in [-0.4, -0.2) is 23.5 Å². The van der Waals surface area contributed by atoms with Crippen molar-refractivity contribution in [2.45, 2.75) is 13.5 Å². The van der Waals surface area contributed by atoms with E-state index in [-0.39, 0.29) is 24.5 Å². The van der Waals surface area contributed by atoms with Gasteiger partial charge < -0.3 is 25.6 Å². The monoisotopic (exact) mass is 488 g/mol. The Hall–Kier alpha value is -4.17. The van der Waals surface area contributed by atoms with E-state index < -0.39 is 11.8 Å². The summed E-state index contributed by atoms with van der Waals surface area (Å²) < 4.78 is 10.8. The van der Waals surface area contributed by atoms with Crippen molar-refractivity contribution in [3.8, 4) is 11.5 Å². The number of phenolic OH excluding ortho intramolecular Hbond substituents is 1. The van der Waals surface area contributed by atoms with Crippen molar-refractivity contribution in [1.82, 2.24) is 0 Å². The lowest BCUT2D eigenvalue weighted by Gasteiger charge is -2.09. The van der Waals surface area contributed by atoms with Gasteiger partial charge in [-0.05, 0) is 60.5 Å². The summed E-state index contributed by atoms with van der Waals surface area (Å²) in [4.78, 5) is 25.9. The quantitative estimate of drug-likeness (QED) is 0.174. The molecule has 0 saturated carbocycles. The van der Waals surface area contributed by atoms with Gasteiger partial charge in [-0.1, -0.05) is 48.2 Å². The lowest BCUT2D eigenvalue weighted by Crippen LogP contribution is -2.16. The van der Waals surface area contributed by atoms with Crippen molar-refractivity contribution < 1.29 is 24.2 Å². The Bertz CT molecular complexity index is 1320. The average molecular weight is 489 g/mol. The number of aromatic hydroxyl groups is 1. The number of carbonyl (C=O) groups is 2. The zero-order chi connectivity index (χ0) is 24.8. The number of nitrogen functional groups attached to an aromatic ring is 1. The lowest BCUT2D eigenvalue weighted by atomic mass is 10.1. The van der Waals surface area contributed by atoms with Crippen molar-refractivity contribution in [2.24, 2.45) is 0 Å². The van der Waals surface area contributed by atoms with Gasteiger partial charge in [-0.2, -0.15) is 0 Å². The van der Waals surface area contributed by atoms with Crippen molar-refractivity contribution in [3.63, 3.8) is 0 Å². The first-order valence-electron chi connectivity index (χ1n) is 10.9. The van der Waals surface area contributed by atoms with Gasteiger partial charge in [0.05, 0.1) is 16.5 Å².